The topological polar surface area (TPSA) is 96.0 Å². The standard InChI is InChI=1S/C27H23NO6S/c1-2-33-23-14-20(10-13-22(23)34-17-19-8-11-21(12-9-19)26(30)31)15-24-25(29)28(27(32)35-24)16-18-6-4-3-5-7-18/h3-15H,2,16-17H2,1H3,(H,30,31)/p-1/b24-15-. The van der Waals surface area contributed by atoms with Gasteiger partial charge in [-0.15, -0.1) is 0 Å². The molecule has 0 aromatic heterocycles. The molecule has 4 rings (SSSR count). The summed E-state index contributed by atoms with van der Waals surface area (Å²) in [6.07, 6.45) is 1.67. The van der Waals surface area contributed by atoms with E-state index < -0.39 is 5.97 Å². The van der Waals surface area contributed by atoms with Crippen LogP contribution in [0.15, 0.2) is 77.7 Å². The number of aromatic carboxylic acids is 1. The third kappa shape index (κ3) is 5.91. The van der Waals surface area contributed by atoms with E-state index in [1.54, 1.807) is 36.4 Å². The molecule has 3 aromatic carbocycles. The quantitative estimate of drug-likeness (QED) is 0.415. The average molecular weight is 489 g/mol. The second kappa shape index (κ2) is 10.9. The Morgan fingerprint density at radius 1 is 0.943 bits per heavy atom. The summed E-state index contributed by atoms with van der Waals surface area (Å²) in [6.45, 7) is 2.70. The van der Waals surface area contributed by atoms with Gasteiger partial charge in [0.1, 0.15) is 6.61 Å². The average Bonchev–Trinajstić information content (AvgIpc) is 3.12. The number of hydrogen-bond acceptors (Lipinski definition) is 7. The van der Waals surface area contributed by atoms with E-state index in [9.17, 15) is 19.5 Å². The Morgan fingerprint density at radius 2 is 1.69 bits per heavy atom. The first-order valence-electron chi connectivity index (χ1n) is 10.9. The van der Waals surface area contributed by atoms with Crippen molar-refractivity contribution in [2.75, 3.05) is 6.61 Å². The molecule has 7 nitrogen and oxygen atoms in total. The third-order valence-corrected chi connectivity index (χ3v) is 6.11. The lowest BCUT2D eigenvalue weighted by molar-refractivity contribution is -0.255. The lowest BCUT2D eigenvalue weighted by atomic mass is 10.1. The van der Waals surface area contributed by atoms with Gasteiger partial charge in [-0.3, -0.25) is 14.5 Å². The van der Waals surface area contributed by atoms with Gasteiger partial charge in [0.2, 0.25) is 0 Å². The second-order valence-corrected chi connectivity index (χ2v) is 8.66. The van der Waals surface area contributed by atoms with Crippen LogP contribution >= 0.6 is 11.8 Å². The Balaban J connectivity index is 1.48. The van der Waals surface area contributed by atoms with Crippen molar-refractivity contribution in [3.05, 3.63) is 100.0 Å². The number of imide groups is 1. The van der Waals surface area contributed by atoms with Crippen molar-refractivity contribution in [3.8, 4) is 11.5 Å². The molecule has 0 radical (unpaired) electrons. The molecular weight excluding hydrogens is 466 g/mol. The van der Waals surface area contributed by atoms with Gasteiger partial charge in [0, 0.05) is 0 Å². The molecule has 1 aliphatic rings. The van der Waals surface area contributed by atoms with Crippen LogP contribution in [0.3, 0.4) is 0 Å². The Morgan fingerprint density at radius 3 is 2.37 bits per heavy atom. The van der Waals surface area contributed by atoms with E-state index in [4.69, 9.17) is 9.47 Å². The Hall–Kier alpha value is -4.04. The number of ether oxygens (including phenoxy) is 2. The SMILES string of the molecule is CCOc1cc(/C=C2\SC(=O)N(Cc3ccccc3)C2=O)ccc1OCc1ccc(C(=O)[O-])cc1. The van der Waals surface area contributed by atoms with E-state index in [0.717, 1.165) is 22.9 Å². The maximum Gasteiger partial charge on any atom is 0.293 e. The molecule has 0 spiro atoms. The number of rotatable bonds is 9. The number of carboxylic acids is 1. The summed E-state index contributed by atoms with van der Waals surface area (Å²) in [5, 5.41) is 10.6. The fourth-order valence-corrected chi connectivity index (χ4v) is 4.29. The van der Waals surface area contributed by atoms with Gasteiger partial charge in [-0.2, -0.15) is 0 Å². The van der Waals surface area contributed by atoms with E-state index in [1.165, 1.54) is 17.0 Å². The molecule has 0 N–H and O–H groups in total. The number of hydrogen-bond donors (Lipinski definition) is 0. The molecule has 0 aliphatic carbocycles. The smallest absolute Gasteiger partial charge is 0.293 e. The van der Waals surface area contributed by atoms with Gasteiger partial charge in [0.05, 0.1) is 24.0 Å². The molecule has 0 unspecified atom stereocenters. The zero-order valence-corrected chi connectivity index (χ0v) is 19.7. The van der Waals surface area contributed by atoms with Crippen molar-refractivity contribution in [1.29, 1.82) is 0 Å². The number of carboxylic acid groups (broad SMARTS) is 1. The number of carbonyl (C=O) groups excluding carboxylic acids is 3. The van der Waals surface area contributed by atoms with Crippen molar-refractivity contribution in [1.82, 2.24) is 4.90 Å². The summed E-state index contributed by atoms with van der Waals surface area (Å²) >= 11 is 0.910. The largest absolute Gasteiger partial charge is 0.545 e. The van der Waals surface area contributed by atoms with E-state index in [2.05, 4.69) is 0 Å². The maximum absolute atomic E-state index is 12.8. The Kier molecular flexibility index (Phi) is 7.52. The van der Waals surface area contributed by atoms with Crippen LogP contribution in [0.25, 0.3) is 6.08 Å². The minimum absolute atomic E-state index is 0.0984. The van der Waals surface area contributed by atoms with Crippen LogP contribution < -0.4 is 14.6 Å². The molecule has 0 saturated carbocycles. The first kappa shape index (κ1) is 24.1. The van der Waals surface area contributed by atoms with Crippen molar-refractivity contribution in [2.24, 2.45) is 0 Å². The minimum Gasteiger partial charge on any atom is -0.545 e. The van der Waals surface area contributed by atoms with Crippen LogP contribution in [0.2, 0.25) is 0 Å². The van der Waals surface area contributed by atoms with Crippen LogP contribution in [0.1, 0.15) is 34.0 Å². The van der Waals surface area contributed by atoms with Crippen LogP contribution in [-0.4, -0.2) is 28.6 Å². The van der Waals surface area contributed by atoms with Gasteiger partial charge < -0.3 is 19.4 Å². The van der Waals surface area contributed by atoms with Crippen LogP contribution in [0.4, 0.5) is 4.79 Å². The van der Waals surface area contributed by atoms with Crippen molar-refractivity contribution < 1.29 is 29.0 Å². The molecular formula is C27H22NO6S-. The van der Waals surface area contributed by atoms with E-state index in [0.29, 0.717) is 28.6 Å². The lowest BCUT2D eigenvalue weighted by Crippen LogP contribution is -2.27. The Labute approximate surface area is 207 Å². The summed E-state index contributed by atoms with van der Waals surface area (Å²) in [4.78, 5) is 37.8. The van der Waals surface area contributed by atoms with Crippen LogP contribution in [0.5, 0.6) is 11.5 Å². The number of nitrogens with zero attached hydrogens (tertiary/aromatic N) is 1. The molecule has 35 heavy (non-hydrogen) atoms. The summed E-state index contributed by atoms with van der Waals surface area (Å²) in [5.41, 5.74) is 2.46. The molecule has 2 amide bonds. The zero-order chi connectivity index (χ0) is 24.8. The second-order valence-electron chi connectivity index (χ2n) is 7.67. The fraction of sp³-hybridized carbons (Fsp3) is 0.148. The molecule has 178 valence electrons. The summed E-state index contributed by atoms with van der Waals surface area (Å²) in [5.74, 6) is -0.562. The highest BCUT2D eigenvalue weighted by Gasteiger charge is 2.35. The summed E-state index contributed by atoms with van der Waals surface area (Å²) < 4.78 is 11.6. The van der Waals surface area contributed by atoms with Gasteiger partial charge in [-0.05, 0) is 59.1 Å². The highest BCUT2D eigenvalue weighted by Crippen LogP contribution is 2.35. The molecule has 3 aromatic rings. The number of thioether (sulfide) groups is 1. The molecule has 1 aliphatic heterocycles. The molecule has 1 fully saturated rings. The highest BCUT2D eigenvalue weighted by atomic mass is 32.2. The first-order chi connectivity index (χ1) is 16.9. The molecule has 1 saturated heterocycles. The fourth-order valence-electron chi connectivity index (χ4n) is 3.45. The summed E-state index contributed by atoms with van der Waals surface area (Å²) in [7, 11) is 0. The van der Waals surface area contributed by atoms with Crippen molar-refractivity contribution >= 4 is 35.0 Å². The predicted molar refractivity (Wildman–Crippen MR) is 131 cm³/mol. The monoisotopic (exact) mass is 488 g/mol. The maximum atomic E-state index is 12.8. The van der Waals surface area contributed by atoms with Gasteiger partial charge in [-0.1, -0.05) is 60.7 Å². The van der Waals surface area contributed by atoms with E-state index >= 15 is 0 Å². The van der Waals surface area contributed by atoms with Gasteiger partial charge in [0.25, 0.3) is 11.1 Å². The third-order valence-electron chi connectivity index (χ3n) is 5.21. The number of benzene rings is 3. The number of carbonyl (C=O) groups is 3. The molecule has 0 bridgehead atoms. The minimum atomic E-state index is -1.23. The van der Waals surface area contributed by atoms with E-state index in [-0.39, 0.29) is 29.9 Å². The molecule has 0 atom stereocenters. The zero-order valence-electron chi connectivity index (χ0n) is 18.9. The van der Waals surface area contributed by atoms with Gasteiger partial charge >= 0.3 is 0 Å². The van der Waals surface area contributed by atoms with Crippen LogP contribution in [-0.2, 0) is 17.9 Å². The lowest BCUT2D eigenvalue weighted by Gasteiger charge is -2.13. The summed E-state index contributed by atoms with van der Waals surface area (Å²) in [6, 6.07) is 20.9. The first-order valence-corrected chi connectivity index (χ1v) is 11.8. The highest BCUT2D eigenvalue weighted by molar-refractivity contribution is 8.18. The normalized spacial score (nSPS) is 14.4. The van der Waals surface area contributed by atoms with Gasteiger partial charge in [-0.25, -0.2) is 0 Å². The molecule has 1 heterocycles. The predicted octanol–water partition coefficient (Wildman–Crippen LogP) is 4.26. The van der Waals surface area contributed by atoms with Crippen molar-refractivity contribution in [2.45, 2.75) is 20.1 Å². The molecule has 8 heteroatoms. The van der Waals surface area contributed by atoms with Gasteiger partial charge in [0.15, 0.2) is 11.5 Å². The Bertz CT molecular complexity index is 1270. The van der Waals surface area contributed by atoms with Crippen LogP contribution in [0, 0.1) is 0 Å². The van der Waals surface area contributed by atoms with E-state index in [1.807, 2.05) is 37.3 Å². The van der Waals surface area contributed by atoms with Crippen molar-refractivity contribution in [3.63, 3.8) is 0 Å². The number of amides is 2.